The predicted molar refractivity (Wildman–Crippen MR) is 117 cm³/mol. The van der Waals surface area contributed by atoms with Gasteiger partial charge in [0.15, 0.2) is 5.13 Å². The standard InChI is InChI=1S/C20H26N6O4S/c1-24-12-25(2)19(29)17-18(24)21-11-26(17)9-16(28)23-20-22-14(10-31-20)13-5-3-4-6-15(13)30-8-7-27/h3-6,10,16,21,27-28H,7-9,11-12H2,1-2H3,(H,22,23). The summed E-state index contributed by atoms with van der Waals surface area (Å²) in [7, 11) is 3.68. The fourth-order valence-corrected chi connectivity index (χ4v) is 4.40. The zero-order chi connectivity index (χ0) is 22.0. The minimum Gasteiger partial charge on any atom is -0.490 e. The molecule has 0 radical (unpaired) electrons. The van der Waals surface area contributed by atoms with Crippen molar-refractivity contribution in [2.45, 2.75) is 6.23 Å². The van der Waals surface area contributed by atoms with Crippen molar-refractivity contribution in [2.75, 3.05) is 52.5 Å². The molecule has 0 saturated carbocycles. The van der Waals surface area contributed by atoms with E-state index in [-0.39, 0.29) is 25.7 Å². The van der Waals surface area contributed by atoms with Gasteiger partial charge >= 0.3 is 0 Å². The van der Waals surface area contributed by atoms with E-state index in [1.54, 1.807) is 11.9 Å². The van der Waals surface area contributed by atoms with E-state index in [1.807, 2.05) is 46.5 Å². The van der Waals surface area contributed by atoms with Crippen LogP contribution in [0.2, 0.25) is 0 Å². The summed E-state index contributed by atoms with van der Waals surface area (Å²) in [6.07, 6.45) is -0.918. The highest BCUT2D eigenvalue weighted by Crippen LogP contribution is 2.32. The van der Waals surface area contributed by atoms with E-state index in [2.05, 4.69) is 15.6 Å². The van der Waals surface area contributed by atoms with E-state index in [4.69, 9.17) is 9.84 Å². The lowest BCUT2D eigenvalue weighted by molar-refractivity contribution is -0.130. The van der Waals surface area contributed by atoms with Crippen molar-refractivity contribution in [1.29, 1.82) is 0 Å². The van der Waals surface area contributed by atoms with Crippen LogP contribution >= 0.6 is 11.3 Å². The molecular weight excluding hydrogens is 420 g/mol. The van der Waals surface area contributed by atoms with Crippen molar-refractivity contribution in [1.82, 2.24) is 25.0 Å². The summed E-state index contributed by atoms with van der Waals surface area (Å²) in [4.78, 5) is 22.6. The SMILES string of the molecule is CN1CN(C)C2=C(C1=O)N(CC(O)Nc1nc(-c3ccccc3OCCO)cs1)CN2. The number of carbonyl (C=O) groups excluding carboxylic acids is 1. The molecule has 0 aliphatic carbocycles. The lowest BCUT2D eigenvalue weighted by Crippen LogP contribution is -2.46. The number of carbonyl (C=O) groups is 1. The molecule has 4 N–H and O–H groups in total. The Morgan fingerprint density at radius 1 is 1.32 bits per heavy atom. The fraction of sp³-hybridized carbons (Fsp3) is 0.400. The first-order valence-corrected chi connectivity index (χ1v) is 10.8. The molecule has 166 valence electrons. The molecule has 2 aromatic rings. The first-order valence-electron chi connectivity index (χ1n) is 9.91. The van der Waals surface area contributed by atoms with E-state index in [0.717, 1.165) is 11.4 Å². The molecule has 11 heteroatoms. The highest BCUT2D eigenvalue weighted by atomic mass is 32.1. The van der Waals surface area contributed by atoms with E-state index < -0.39 is 6.23 Å². The van der Waals surface area contributed by atoms with Crippen LogP contribution in [0.15, 0.2) is 41.2 Å². The maximum absolute atomic E-state index is 12.6. The normalized spacial score (nSPS) is 17.0. The smallest absolute Gasteiger partial charge is 0.275 e. The third kappa shape index (κ3) is 4.38. The largest absolute Gasteiger partial charge is 0.490 e. The number of aliphatic hydroxyl groups excluding tert-OH is 2. The van der Waals surface area contributed by atoms with Crippen LogP contribution < -0.4 is 15.4 Å². The molecule has 1 amide bonds. The molecule has 4 rings (SSSR count). The van der Waals surface area contributed by atoms with Gasteiger partial charge in [0.1, 0.15) is 30.1 Å². The highest BCUT2D eigenvalue weighted by Gasteiger charge is 2.36. The maximum Gasteiger partial charge on any atom is 0.275 e. The Kier molecular flexibility index (Phi) is 6.16. The number of anilines is 1. The minimum absolute atomic E-state index is 0.0675. The van der Waals surface area contributed by atoms with Gasteiger partial charge < -0.3 is 40.3 Å². The Labute approximate surface area is 184 Å². The number of amides is 1. The second-order valence-corrected chi connectivity index (χ2v) is 8.22. The average Bonchev–Trinajstić information content (AvgIpc) is 3.38. The molecule has 1 aromatic carbocycles. The summed E-state index contributed by atoms with van der Waals surface area (Å²) in [5.74, 6) is 1.35. The topological polar surface area (TPSA) is 113 Å². The molecular formula is C20H26N6O4S. The van der Waals surface area contributed by atoms with Crippen molar-refractivity contribution < 1.29 is 19.7 Å². The lowest BCUT2D eigenvalue weighted by Gasteiger charge is -2.34. The van der Waals surface area contributed by atoms with E-state index >= 15 is 0 Å². The second-order valence-electron chi connectivity index (χ2n) is 7.36. The number of nitrogens with one attached hydrogen (secondary N) is 2. The number of nitrogens with zero attached hydrogens (tertiary/aromatic N) is 4. The Morgan fingerprint density at radius 2 is 2.13 bits per heavy atom. The van der Waals surface area contributed by atoms with Crippen molar-refractivity contribution >= 4 is 22.4 Å². The van der Waals surface area contributed by atoms with Crippen LogP contribution in [0.3, 0.4) is 0 Å². The summed E-state index contributed by atoms with van der Waals surface area (Å²) in [5.41, 5.74) is 2.09. The van der Waals surface area contributed by atoms with E-state index in [0.29, 0.717) is 35.6 Å². The van der Waals surface area contributed by atoms with Crippen LogP contribution in [0.5, 0.6) is 5.75 Å². The molecule has 3 heterocycles. The monoisotopic (exact) mass is 446 g/mol. The van der Waals surface area contributed by atoms with E-state index in [9.17, 15) is 9.90 Å². The maximum atomic E-state index is 12.6. The Morgan fingerprint density at radius 3 is 2.94 bits per heavy atom. The third-order valence-corrected chi connectivity index (χ3v) is 5.81. The molecule has 2 aliphatic rings. The number of aromatic nitrogens is 1. The Hall–Kier alpha value is -3.02. The molecule has 0 fully saturated rings. The van der Waals surface area contributed by atoms with Crippen LogP contribution in [0.25, 0.3) is 11.3 Å². The number of rotatable bonds is 8. The van der Waals surface area contributed by atoms with Gasteiger partial charge in [0.05, 0.1) is 32.2 Å². The number of benzene rings is 1. The number of β-amino-alcohol motifs (C(OH)–C–C–N with tert-alkyl or cyclic N) is 1. The van der Waals surface area contributed by atoms with Gasteiger partial charge in [-0.3, -0.25) is 4.79 Å². The van der Waals surface area contributed by atoms with Crippen LogP contribution in [-0.4, -0.2) is 89.2 Å². The molecule has 31 heavy (non-hydrogen) atoms. The summed E-state index contributed by atoms with van der Waals surface area (Å²) in [6.45, 7) is 1.33. The molecule has 0 saturated heterocycles. The molecule has 1 unspecified atom stereocenters. The van der Waals surface area contributed by atoms with Crippen LogP contribution in [0, 0.1) is 0 Å². The summed E-state index contributed by atoms with van der Waals surface area (Å²) in [6, 6.07) is 7.48. The quantitative estimate of drug-likeness (QED) is 0.425. The number of aliphatic hydroxyl groups is 2. The number of thiazole rings is 1. The number of likely N-dealkylation sites (N-methyl/N-ethyl adjacent to an activating group) is 1. The molecule has 0 bridgehead atoms. The molecule has 10 nitrogen and oxygen atoms in total. The zero-order valence-electron chi connectivity index (χ0n) is 17.4. The molecule has 2 aliphatic heterocycles. The van der Waals surface area contributed by atoms with Crippen LogP contribution in [-0.2, 0) is 4.79 Å². The number of ether oxygens (including phenoxy) is 1. The Bertz CT molecular complexity index is 980. The van der Waals surface area contributed by atoms with Gasteiger partial charge in [0.2, 0.25) is 0 Å². The predicted octanol–water partition coefficient (Wildman–Crippen LogP) is 0.305. The van der Waals surface area contributed by atoms with Gasteiger partial charge in [-0.05, 0) is 12.1 Å². The van der Waals surface area contributed by atoms with Gasteiger partial charge in [-0.2, -0.15) is 0 Å². The number of hydrogen-bond acceptors (Lipinski definition) is 10. The van der Waals surface area contributed by atoms with Gasteiger partial charge in [-0.15, -0.1) is 11.3 Å². The summed E-state index contributed by atoms with van der Waals surface area (Å²) >= 11 is 1.37. The second kappa shape index (κ2) is 9.00. The van der Waals surface area contributed by atoms with Gasteiger partial charge in [0, 0.05) is 25.0 Å². The fourth-order valence-electron chi connectivity index (χ4n) is 3.65. The first-order chi connectivity index (χ1) is 15.0. The first kappa shape index (κ1) is 21.2. The highest BCUT2D eigenvalue weighted by molar-refractivity contribution is 7.14. The number of hydrogen-bond donors (Lipinski definition) is 4. The van der Waals surface area contributed by atoms with Crippen molar-refractivity contribution in [3.8, 4) is 17.0 Å². The van der Waals surface area contributed by atoms with Crippen molar-refractivity contribution in [3.63, 3.8) is 0 Å². The number of para-hydroxylation sites is 1. The van der Waals surface area contributed by atoms with Crippen LogP contribution in [0.1, 0.15) is 0 Å². The molecule has 1 atom stereocenters. The van der Waals surface area contributed by atoms with Gasteiger partial charge in [0.25, 0.3) is 5.91 Å². The van der Waals surface area contributed by atoms with Gasteiger partial charge in [-0.1, -0.05) is 12.1 Å². The van der Waals surface area contributed by atoms with E-state index in [1.165, 1.54) is 11.3 Å². The molecule has 1 aromatic heterocycles. The Balaban J connectivity index is 1.43. The third-order valence-electron chi connectivity index (χ3n) is 5.03. The minimum atomic E-state index is -0.918. The summed E-state index contributed by atoms with van der Waals surface area (Å²) in [5, 5.41) is 28.3. The van der Waals surface area contributed by atoms with Crippen LogP contribution in [0.4, 0.5) is 5.13 Å². The molecule has 0 spiro atoms. The lowest BCUT2D eigenvalue weighted by atomic mass is 10.1. The van der Waals surface area contributed by atoms with Crippen molar-refractivity contribution in [2.24, 2.45) is 0 Å². The van der Waals surface area contributed by atoms with Crippen molar-refractivity contribution in [3.05, 3.63) is 41.2 Å². The summed E-state index contributed by atoms with van der Waals surface area (Å²) < 4.78 is 5.58. The zero-order valence-corrected chi connectivity index (χ0v) is 18.2. The average molecular weight is 447 g/mol. The van der Waals surface area contributed by atoms with Gasteiger partial charge in [-0.25, -0.2) is 4.98 Å².